The molecule has 3 aromatic rings. The maximum atomic E-state index is 12.8. The number of hydrogen-bond donors (Lipinski definition) is 2. The van der Waals surface area contributed by atoms with Gasteiger partial charge in [-0.15, -0.1) is 0 Å². The van der Waals surface area contributed by atoms with Gasteiger partial charge in [-0.1, -0.05) is 12.8 Å². The van der Waals surface area contributed by atoms with Crippen LogP contribution in [0.1, 0.15) is 61.4 Å². The summed E-state index contributed by atoms with van der Waals surface area (Å²) >= 11 is 0. The Morgan fingerprint density at radius 2 is 1.94 bits per heavy atom. The first-order chi connectivity index (χ1) is 16.1. The zero-order valence-corrected chi connectivity index (χ0v) is 18.8. The number of anilines is 2. The van der Waals surface area contributed by atoms with Crippen LogP contribution in [0, 0.1) is 17.2 Å². The number of benzene rings is 1. The smallest absolute Gasteiger partial charge is 0.261 e. The third-order valence-corrected chi connectivity index (χ3v) is 6.77. The van der Waals surface area contributed by atoms with Crippen molar-refractivity contribution in [3.8, 4) is 6.07 Å². The normalized spacial score (nSPS) is 17.6. The lowest BCUT2D eigenvalue weighted by Crippen LogP contribution is -2.33. The van der Waals surface area contributed by atoms with Crippen LogP contribution in [0.4, 0.5) is 11.5 Å². The molecule has 0 spiro atoms. The van der Waals surface area contributed by atoms with Crippen LogP contribution in [-0.2, 0) is 13.1 Å². The van der Waals surface area contributed by atoms with Gasteiger partial charge < -0.3 is 15.2 Å². The van der Waals surface area contributed by atoms with E-state index in [1.165, 1.54) is 32.6 Å². The Labute approximate surface area is 192 Å². The number of carbonyl (C=O) groups excluding carboxylic acids is 1. The van der Waals surface area contributed by atoms with Gasteiger partial charge in [0, 0.05) is 43.5 Å². The van der Waals surface area contributed by atoms with Crippen molar-refractivity contribution in [2.45, 2.75) is 64.6 Å². The molecule has 1 amide bonds. The lowest BCUT2D eigenvalue weighted by Gasteiger charge is -2.23. The van der Waals surface area contributed by atoms with Crippen LogP contribution >= 0.6 is 0 Å². The highest BCUT2D eigenvalue weighted by molar-refractivity contribution is 5.99. The number of rotatable bonds is 5. The predicted octanol–water partition coefficient (Wildman–Crippen LogP) is 4.31. The summed E-state index contributed by atoms with van der Waals surface area (Å²) in [7, 11) is 0. The second kappa shape index (κ2) is 8.74. The SMILES string of the molecule is CC#N.O=C1c2ccc(Nc3nn(CC4CC4)c4cc[nH]c(=O)c34)cc2CN1C1CCCC1. The third kappa shape index (κ3) is 4.11. The van der Waals surface area contributed by atoms with Crippen LogP contribution < -0.4 is 10.9 Å². The van der Waals surface area contributed by atoms with E-state index >= 15 is 0 Å². The van der Waals surface area contributed by atoms with Gasteiger partial charge >= 0.3 is 0 Å². The van der Waals surface area contributed by atoms with Crippen molar-refractivity contribution >= 4 is 28.3 Å². The number of H-pyrrole nitrogens is 1. The highest BCUT2D eigenvalue weighted by atomic mass is 16.2. The first kappa shape index (κ1) is 21.3. The molecule has 8 heteroatoms. The maximum absolute atomic E-state index is 12.8. The molecule has 2 aromatic heterocycles. The van der Waals surface area contributed by atoms with Crippen molar-refractivity contribution in [1.82, 2.24) is 19.7 Å². The Bertz CT molecular complexity index is 1290. The van der Waals surface area contributed by atoms with Gasteiger partial charge in [0.2, 0.25) is 0 Å². The summed E-state index contributed by atoms with van der Waals surface area (Å²) in [5.74, 6) is 1.39. The van der Waals surface area contributed by atoms with Crippen molar-refractivity contribution in [2.24, 2.45) is 5.92 Å². The number of nitrogens with one attached hydrogen (secondary N) is 2. The van der Waals surface area contributed by atoms with Crippen LogP contribution in [0.15, 0.2) is 35.3 Å². The second-order valence-corrected chi connectivity index (χ2v) is 9.13. The van der Waals surface area contributed by atoms with E-state index in [0.29, 0.717) is 29.7 Å². The van der Waals surface area contributed by atoms with Crippen molar-refractivity contribution in [3.63, 3.8) is 0 Å². The van der Waals surface area contributed by atoms with Gasteiger partial charge in [0.1, 0.15) is 5.39 Å². The minimum absolute atomic E-state index is 0.138. The molecule has 3 aliphatic rings. The predicted molar refractivity (Wildman–Crippen MR) is 126 cm³/mol. The summed E-state index contributed by atoms with van der Waals surface area (Å²) < 4.78 is 1.95. The zero-order valence-electron chi connectivity index (χ0n) is 18.8. The standard InChI is InChI=1S/C23H25N5O2.C2H3N/c29-22-20-19(9-10-24-22)28(12-14-5-6-14)26-21(20)25-16-7-8-18-15(11-16)13-27(23(18)30)17-3-1-2-4-17;1-2-3/h7-11,14,17H,1-6,12-13H2,(H,24,29)(H,25,26);1H3. The molecule has 2 N–H and O–H groups in total. The minimum Gasteiger partial charge on any atom is -0.338 e. The molecule has 0 saturated heterocycles. The van der Waals surface area contributed by atoms with E-state index in [2.05, 4.69) is 10.3 Å². The Morgan fingerprint density at radius 1 is 1.18 bits per heavy atom. The van der Waals surface area contributed by atoms with Gasteiger partial charge in [0.25, 0.3) is 11.5 Å². The highest BCUT2D eigenvalue weighted by Crippen LogP contribution is 2.35. The van der Waals surface area contributed by atoms with Crippen molar-refractivity contribution in [1.29, 1.82) is 5.26 Å². The first-order valence-electron chi connectivity index (χ1n) is 11.7. The quantitative estimate of drug-likeness (QED) is 0.610. The molecule has 1 aromatic carbocycles. The van der Waals surface area contributed by atoms with Gasteiger partial charge in [-0.25, -0.2) is 0 Å². The van der Waals surface area contributed by atoms with Gasteiger partial charge in [-0.2, -0.15) is 10.4 Å². The molecule has 0 radical (unpaired) electrons. The number of aromatic amines is 1. The van der Waals surface area contributed by atoms with E-state index in [1.54, 1.807) is 12.3 Å². The van der Waals surface area contributed by atoms with Gasteiger partial charge in [0.15, 0.2) is 5.82 Å². The fourth-order valence-corrected chi connectivity index (χ4v) is 4.98. The molecule has 33 heavy (non-hydrogen) atoms. The van der Waals surface area contributed by atoms with Gasteiger partial charge in [-0.05, 0) is 61.4 Å². The Balaban J connectivity index is 0.000000724. The minimum atomic E-state index is -0.138. The molecule has 2 fully saturated rings. The Morgan fingerprint density at radius 3 is 2.67 bits per heavy atom. The molecular weight excluding hydrogens is 416 g/mol. The second-order valence-electron chi connectivity index (χ2n) is 9.13. The molecule has 6 rings (SSSR count). The number of pyridine rings is 1. The molecule has 2 saturated carbocycles. The van der Waals surface area contributed by atoms with Crippen molar-refractivity contribution in [2.75, 3.05) is 5.32 Å². The first-order valence-corrected chi connectivity index (χ1v) is 11.7. The number of nitriles is 1. The monoisotopic (exact) mass is 444 g/mol. The Kier molecular flexibility index (Phi) is 5.63. The lowest BCUT2D eigenvalue weighted by molar-refractivity contribution is 0.0707. The highest BCUT2D eigenvalue weighted by Gasteiger charge is 2.34. The van der Waals surface area contributed by atoms with Crippen LogP contribution in [0.3, 0.4) is 0 Å². The molecule has 0 bridgehead atoms. The van der Waals surface area contributed by atoms with Gasteiger partial charge in [0.05, 0.1) is 11.6 Å². The molecule has 170 valence electrons. The molecule has 2 aliphatic carbocycles. The molecule has 0 atom stereocenters. The summed E-state index contributed by atoms with van der Waals surface area (Å²) in [6.45, 7) is 2.95. The largest absolute Gasteiger partial charge is 0.338 e. The Hall–Kier alpha value is -3.60. The summed E-state index contributed by atoms with van der Waals surface area (Å²) in [6, 6.07) is 9.89. The molecule has 0 unspecified atom stereocenters. The number of fused-ring (bicyclic) bond motifs is 2. The van der Waals surface area contributed by atoms with Crippen LogP contribution in [0.5, 0.6) is 0 Å². The van der Waals surface area contributed by atoms with E-state index in [9.17, 15) is 9.59 Å². The van der Waals surface area contributed by atoms with E-state index in [1.807, 2.05) is 33.8 Å². The van der Waals surface area contributed by atoms with Crippen molar-refractivity contribution in [3.05, 3.63) is 51.9 Å². The van der Waals surface area contributed by atoms with Crippen LogP contribution in [-0.4, -0.2) is 31.6 Å². The molecule has 1 aliphatic heterocycles. The average Bonchev–Trinajstić information content (AvgIpc) is 3.18. The fraction of sp³-hybridized carbons (Fsp3) is 0.440. The van der Waals surface area contributed by atoms with E-state index in [0.717, 1.165) is 41.7 Å². The summed E-state index contributed by atoms with van der Waals surface area (Å²) in [4.78, 5) is 30.2. The van der Waals surface area contributed by atoms with E-state index in [-0.39, 0.29) is 11.5 Å². The number of hydrogen-bond acceptors (Lipinski definition) is 5. The summed E-state index contributed by atoms with van der Waals surface area (Å²) in [6.07, 6.45) is 8.77. The third-order valence-electron chi connectivity index (χ3n) is 6.77. The lowest BCUT2D eigenvalue weighted by atomic mass is 10.1. The number of carbonyl (C=O) groups is 1. The average molecular weight is 445 g/mol. The molecule has 3 heterocycles. The summed E-state index contributed by atoms with van der Waals surface area (Å²) in [5, 5.41) is 16.0. The van der Waals surface area contributed by atoms with Gasteiger partial charge in [-0.3, -0.25) is 14.3 Å². The number of amides is 1. The van der Waals surface area contributed by atoms with Crippen LogP contribution in [0.25, 0.3) is 10.9 Å². The maximum Gasteiger partial charge on any atom is 0.261 e. The fourth-order valence-electron chi connectivity index (χ4n) is 4.98. The van der Waals surface area contributed by atoms with Crippen LogP contribution in [0.2, 0.25) is 0 Å². The number of aromatic nitrogens is 3. The van der Waals surface area contributed by atoms with E-state index in [4.69, 9.17) is 10.4 Å². The van der Waals surface area contributed by atoms with Crippen molar-refractivity contribution < 1.29 is 4.79 Å². The molecule has 8 nitrogen and oxygen atoms in total. The summed E-state index contributed by atoms with van der Waals surface area (Å²) in [5.41, 5.74) is 3.43. The van der Waals surface area contributed by atoms with E-state index < -0.39 is 0 Å². The number of nitrogens with zero attached hydrogens (tertiary/aromatic N) is 4. The molecular formula is C25H28N6O2. The zero-order chi connectivity index (χ0) is 22.9. The topological polar surface area (TPSA) is 107 Å².